The van der Waals surface area contributed by atoms with E-state index in [1.54, 1.807) is 0 Å². The van der Waals surface area contributed by atoms with Crippen molar-refractivity contribution in [3.05, 3.63) is 12.8 Å². The molecule has 0 unspecified atom stereocenters. The van der Waals surface area contributed by atoms with Crippen LogP contribution in [-0.2, 0) is 46.3 Å². The van der Waals surface area contributed by atoms with Gasteiger partial charge in [-0.2, -0.15) is 0 Å². The normalized spacial score (nSPS) is 9.42. The third kappa shape index (κ3) is 23.1. The van der Waals surface area contributed by atoms with Crippen molar-refractivity contribution in [2.75, 3.05) is 41.2 Å². The Bertz CT molecular complexity index is 410. The summed E-state index contributed by atoms with van der Waals surface area (Å²) >= 11 is 0. The lowest BCUT2D eigenvalue weighted by Gasteiger charge is -2.12. The molecule has 0 bridgehead atoms. The first kappa shape index (κ1) is 27.7. The SMILES string of the molecule is C=COC(C)=O.COP(=O)(CCOC(C)=O)OC.CO[P+](=O)OC. The average Bonchev–Trinajstić information content (AvgIpc) is 2.54. The molecule has 0 atom stereocenters. The second-order valence-electron chi connectivity index (χ2n) is 3.40. The van der Waals surface area contributed by atoms with Crippen LogP contribution >= 0.6 is 15.9 Å². The van der Waals surface area contributed by atoms with Gasteiger partial charge in [0.2, 0.25) is 0 Å². The van der Waals surface area contributed by atoms with Gasteiger partial charge in [-0.05, 0) is 0 Å². The highest BCUT2D eigenvalue weighted by molar-refractivity contribution is 7.53. The van der Waals surface area contributed by atoms with Gasteiger partial charge in [-0.15, -0.1) is 9.05 Å². The van der Waals surface area contributed by atoms with E-state index < -0.39 is 21.8 Å². The molecule has 142 valence electrons. The smallest absolute Gasteiger partial charge is 0.465 e. The van der Waals surface area contributed by atoms with Gasteiger partial charge in [0, 0.05) is 32.6 Å². The summed E-state index contributed by atoms with van der Waals surface area (Å²) < 4.78 is 47.5. The summed E-state index contributed by atoms with van der Waals surface area (Å²) in [5, 5.41) is 0. The fourth-order valence-corrected chi connectivity index (χ4v) is 1.73. The third-order valence-electron chi connectivity index (χ3n) is 1.77. The van der Waals surface area contributed by atoms with Gasteiger partial charge in [0.05, 0.1) is 26.6 Å². The van der Waals surface area contributed by atoms with Gasteiger partial charge < -0.3 is 18.5 Å². The lowest BCUT2D eigenvalue weighted by molar-refractivity contribution is -0.140. The minimum Gasteiger partial charge on any atom is -0.465 e. The van der Waals surface area contributed by atoms with Gasteiger partial charge in [0.15, 0.2) is 0 Å². The molecule has 10 nitrogen and oxygen atoms in total. The van der Waals surface area contributed by atoms with E-state index in [9.17, 15) is 18.7 Å². The molecule has 0 aromatic rings. The van der Waals surface area contributed by atoms with E-state index >= 15 is 0 Å². The van der Waals surface area contributed by atoms with Crippen molar-refractivity contribution in [2.24, 2.45) is 0 Å². The molecule has 12 heteroatoms. The molecular formula is C12H25O10P2+. The molecule has 0 amide bonds. The van der Waals surface area contributed by atoms with Crippen molar-refractivity contribution in [3.8, 4) is 0 Å². The highest BCUT2D eigenvalue weighted by Crippen LogP contribution is 2.45. The van der Waals surface area contributed by atoms with Crippen LogP contribution in [0.4, 0.5) is 0 Å². The Hall–Kier alpha value is -1.15. The summed E-state index contributed by atoms with van der Waals surface area (Å²) in [7, 11) is 0.382. The van der Waals surface area contributed by atoms with E-state index in [-0.39, 0.29) is 18.7 Å². The Morgan fingerprint density at radius 2 is 1.50 bits per heavy atom. The van der Waals surface area contributed by atoms with Crippen molar-refractivity contribution in [1.82, 2.24) is 0 Å². The van der Waals surface area contributed by atoms with Crippen LogP contribution in [0.5, 0.6) is 0 Å². The summed E-state index contributed by atoms with van der Waals surface area (Å²) in [5.74, 6) is -0.737. The summed E-state index contributed by atoms with van der Waals surface area (Å²) in [6, 6.07) is 0. The van der Waals surface area contributed by atoms with Crippen molar-refractivity contribution in [2.45, 2.75) is 13.8 Å². The van der Waals surface area contributed by atoms with Crippen molar-refractivity contribution in [1.29, 1.82) is 0 Å². The third-order valence-corrected chi connectivity index (χ3v) is 4.21. The van der Waals surface area contributed by atoms with Gasteiger partial charge in [0.1, 0.15) is 6.61 Å². The quantitative estimate of drug-likeness (QED) is 0.346. The molecule has 0 spiro atoms. The van der Waals surface area contributed by atoms with E-state index in [0.29, 0.717) is 0 Å². The molecule has 0 aromatic carbocycles. The largest absolute Gasteiger partial charge is 0.696 e. The zero-order valence-electron chi connectivity index (χ0n) is 14.7. The fourth-order valence-electron chi connectivity index (χ4n) is 0.750. The van der Waals surface area contributed by atoms with E-state index in [4.69, 9.17) is 0 Å². The topological polar surface area (TPSA) is 124 Å². The number of carbonyl (C=O) groups is 2. The molecule has 0 saturated heterocycles. The Balaban J connectivity index is -0.000000309. The van der Waals surface area contributed by atoms with E-state index in [0.717, 1.165) is 6.26 Å². The molecule has 0 heterocycles. The predicted octanol–water partition coefficient (Wildman–Crippen LogP) is 2.67. The monoisotopic (exact) mass is 391 g/mol. The van der Waals surface area contributed by atoms with Crippen LogP contribution in [0.2, 0.25) is 0 Å². The first-order valence-electron chi connectivity index (χ1n) is 6.29. The Labute approximate surface area is 142 Å². The van der Waals surface area contributed by atoms with Crippen LogP contribution in [0.3, 0.4) is 0 Å². The van der Waals surface area contributed by atoms with Crippen LogP contribution < -0.4 is 0 Å². The molecule has 0 rings (SSSR count). The second kappa shape index (κ2) is 18.2. The number of carbonyl (C=O) groups excluding carboxylic acids is 2. The average molecular weight is 391 g/mol. The summed E-state index contributed by atoms with van der Waals surface area (Å²) in [6.45, 7) is 5.81. The number of ether oxygens (including phenoxy) is 2. The Kier molecular flexibility index (Phi) is 21.0. The van der Waals surface area contributed by atoms with Crippen molar-refractivity contribution < 1.29 is 46.3 Å². The number of rotatable bonds is 8. The molecule has 0 N–H and O–H groups in total. The van der Waals surface area contributed by atoms with Crippen LogP contribution in [0.1, 0.15) is 13.8 Å². The second-order valence-corrected chi connectivity index (χ2v) is 6.98. The van der Waals surface area contributed by atoms with Crippen molar-refractivity contribution in [3.63, 3.8) is 0 Å². The molecule has 0 aliphatic carbocycles. The lowest BCUT2D eigenvalue weighted by Crippen LogP contribution is -2.06. The Morgan fingerprint density at radius 3 is 1.67 bits per heavy atom. The maximum absolute atomic E-state index is 11.3. The molecule has 0 aliphatic heterocycles. The van der Waals surface area contributed by atoms with Crippen LogP contribution in [-0.4, -0.2) is 53.1 Å². The highest BCUT2D eigenvalue weighted by atomic mass is 31.2. The van der Waals surface area contributed by atoms with Gasteiger partial charge >= 0.3 is 27.8 Å². The standard InChI is InChI=1S/C6H13O5P.C4H6O2.C2H6O3P/c1-6(7)11-4-5-12(8,9-2)10-3;1-3-6-4(2)5;1-4-6(3)5-2/h4-5H2,1-3H3;3H,1H2,2H3;1-2H3/q;;+1. The minimum absolute atomic E-state index is 0.0499. The maximum Gasteiger partial charge on any atom is 0.696 e. The fraction of sp³-hybridized carbons (Fsp3) is 0.667. The first-order chi connectivity index (χ1) is 11.1. The summed E-state index contributed by atoms with van der Waals surface area (Å²) in [6.07, 6.45) is 1.18. The predicted molar refractivity (Wildman–Crippen MR) is 86.7 cm³/mol. The zero-order chi connectivity index (χ0) is 19.6. The van der Waals surface area contributed by atoms with Gasteiger partial charge in [-0.1, -0.05) is 6.58 Å². The van der Waals surface area contributed by atoms with E-state index in [2.05, 4.69) is 34.1 Å². The summed E-state index contributed by atoms with van der Waals surface area (Å²) in [4.78, 5) is 20.1. The molecule has 0 aromatic heterocycles. The number of hydrogen-bond acceptors (Lipinski definition) is 10. The Morgan fingerprint density at radius 1 is 1.04 bits per heavy atom. The first-order valence-corrected chi connectivity index (χ1v) is 9.12. The lowest BCUT2D eigenvalue weighted by atomic mass is 10.8. The van der Waals surface area contributed by atoms with Gasteiger partial charge in [-0.25, -0.2) is 0 Å². The molecule has 0 saturated carbocycles. The van der Waals surface area contributed by atoms with Crippen LogP contribution in [0, 0.1) is 0 Å². The minimum atomic E-state index is -3.01. The van der Waals surface area contributed by atoms with Crippen LogP contribution in [0.25, 0.3) is 0 Å². The van der Waals surface area contributed by atoms with E-state index in [1.165, 1.54) is 42.3 Å². The number of esters is 2. The van der Waals surface area contributed by atoms with E-state index in [1.807, 2.05) is 0 Å². The zero-order valence-corrected chi connectivity index (χ0v) is 16.5. The molecule has 0 radical (unpaired) electrons. The molecule has 0 aliphatic rings. The molecular weight excluding hydrogens is 366 g/mol. The molecule has 24 heavy (non-hydrogen) atoms. The number of hydrogen-bond donors (Lipinski definition) is 0. The molecule has 0 fully saturated rings. The van der Waals surface area contributed by atoms with Crippen molar-refractivity contribution >= 4 is 27.8 Å². The summed E-state index contributed by atoms with van der Waals surface area (Å²) in [5.41, 5.74) is 0. The van der Waals surface area contributed by atoms with Crippen LogP contribution in [0.15, 0.2) is 12.8 Å². The maximum atomic E-state index is 11.3. The highest BCUT2D eigenvalue weighted by Gasteiger charge is 2.20. The van der Waals surface area contributed by atoms with Gasteiger partial charge in [-0.3, -0.25) is 14.2 Å². The van der Waals surface area contributed by atoms with Gasteiger partial charge in [0.25, 0.3) is 0 Å².